The molecule has 3 heterocycles. The SMILES string of the molecule is CCCCCCCCCCCc1c(C)c(N2c3ccccc3Oc3ccc(C)c(CCCCCCCCCC)c32)c(N2c3ccccc3Oc3ccc(C)c(CCCCCCCCC)c32)c2c1Nc1ccccc1O2. The van der Waals surface area contributed by atoms with Gasteiger partial charge in [0.25, 0.3) is 0 Å². The predicted molar refractivity (Wildman–Crippen MR) is 319 cm³/mol. The molecule has 0 atom stereocenters. The molecule has 0 radical (unpaired) electrons. The maximum absolute atomic E-state index is 7.58. The van der Waals surface area contributed by atoms with E-state index in [1.807, 2.05) is 0 Å². The second-order valence-electron chi connectivity index (χ2n) is 22.1. The molecule has 0 fully saturated rings. The average Bonchev–Trinajstić information content (AvgIpc) is 3.44. The number of fused-ring (bicyclic) bond motifs is 6. The molecule has 0 saturated heterocycles. The van der Waals surface area contributed by atoms with Gasteiger partial charge in [0.15, 0.2) is 34.5 Å². The van der Waals surface area contributed by atoms with Crippen LogP contribution in [0.3, 0.4) is 0 Å². The van der Waals surface area contributed by atoms with Crippen molar-refractivity contribution in [2.75, 3.05) is 15.1 Å². The van der Waals surface area contributed by atoms with Crippen molar-refractivity contribution >= 4 is 45.5 Å². The number of ether oxygens (including phenoxy) is 3. The van der Waals surface area contributed by atoms with Gasteiger partial charge in [-0.2, -0.15) is 0 Å². The van der Waals surface area contributed by atoms with Crippen LogP contribution in [0.2, 0.25) is 0 Å². The molecule has 3 aliphatic rings. The van der Waals surface area contributed by atoms with E-state index in [2.05, 4.69) is 154 Å². The third-order valence-corrected chi connectivity index (χ3v) is 16.5. The second kappa shape index (κ2) is 26.7. The van der Waals surface area contributed by atoms with E-state index in [-0.39, 0.29) is 0 Å². The van der Waals surface area contributed by atoms with Crippen molar-refractivity contribution in [1.82, 2.24) is 0 Å². The fourth-order valence-corrected chi connectivity index (χ4v) is 12.2. The first-order valence-corrected chi connectivity index (χ1v) is 30.1. The van der Waals surface area contributed by atoms with Gasteiger partial charge in [-0.25, -0.2) is 0 Å². The first kappa shape index (κ1) is 53.9. The summed E-state index contributed by atoms with van der Waals surface area (Å²) in [5, 5.41) is 4.07. The van der Waals surface area contributed by atoms with Crippen molar-refractivity contribution in [2.24, 2.45) is 0 Å². The highest BCUT2D eigenvalue weighted by Gasteiger charge is 2.41. The van der Waals surface area contributed by atoms with Gasteiger partial charge in [-0.3, -0.25) is 4.90 Å². The van der Waals surface area contributed by atoms with Crippen LogP contribution in [0, 0.1) is 20.8 Å². The number of aryl methyl sites for hydroxylation is 2. The number of benzene rings is 6. The van der Waals surface area contributed by atoms with E-state index in [9.17, 15) is 0 Å². The minimum absolute atomic E-state index is 0.832. The molecule has 75 heavy (non-hydrogen) atoms. The van der Waals surface area contributed by atoms with Crippen molar-refractivity contribution in [3.63, 3.8) is 0 Å². The third-order valence-electron chi connectivity index (χ3n) is 16.5. The number of hydrogen-bond donors (Lipinski definition) is 1. The van der Waals surface area contributed by atoms with E-state index < -0.39 is 0 Å². The summed E-state index contributed by atoms with van der Waals surface area (Å²) in [6, 6.07) is 34.9. The van der Waals surface area contributed by atoms with E-state index in [0.29, 0.717) is 0 Å². The van der Waals surface area contributed by atoms with Gasteiger partial charge in [0.1, 0.15) is 5.69 Å². The number of unbranched alkanes of at least 4 members (excludes halogenated alkanes) is 21. The average molecular weight is 1010 g/mol. The standard InChI is InChI=1S/C69H89N3O3/c1-7-10-13-16-19-21-24-27-30-39-55-52(6)65(71-57-41-32-35-44-60(57)73-62-48-46-50(4)53(66(62)71)37-29-26-23-20-17-14-11-8-2)68(69-64(55)70-56-40-31-34-43-59(56)75-69)72-58-42-33-36-45-61(58)74-63-49-47-51(5)54(67(63)72)38-28-25-22-18-15-12-9-3/h31-36,40-49,70H,7-30,37-39H2,1-6H3. The quantitative estimate of drug-likeness (QED) is 0.0472. The van der Waals surface area contributed by atoms with Gasteiger partial charge in [-0.15, -0.1) is 0 Å². The fraction of sp³-hybridized carbons (Fsp3) is 0.478. The number of para-hydroxylation sites is 6. The van der Waals surface area contributed by atoms with Crippen LogP contribution in [-0.4, -0.2) is 0 Å². The Bertz CT molecular complexity index is 2830. The second-order valence-corrected chi connectivity index (χ2v) is 22.1. The summed E-state index contributed by atoms with van der Waals surface area (Å²) in [4.78, 5) is 5.17. The highest BCUT2D eigenvalue weighted by Crippen LogP contribution is 2.65. The Morgan fingerprint density at radius 1 is 0.347 bits per heavy atom. The molecule has 6 heteroatoms. The van der Waals surface area contributed by atoms with Crippen LogP contribution >= 0.6 is 0 Å². The summed E-state index contributed by atoms with van der Waals surface area (Å²) in [6.45, 7) is 13.9. The van der Waals surface area contributed by atoms with Crippen molar-refractivity contribution in [2.45, 2.75) is 215 Å². The number of anilines is 8. The number of rotatable bonds is 29. The first-order chi connectivity index (χ1) is 36.9. The van der Waals surface area contributed by atoms with Crippen molar-refractivity contribution in [3.8, 4) is 34.5 Å². The Balaban J connectivity index is 1.25. The van der Waals surface area contributed by atoms with Crippen LogP contribution in [-0.2, 0) is 19.3 Å². The summed E-state index contributed by atoms with van der Waals surface area (Å²) in [5.74, 6) is 5.17. The summed E-state index contributed by atoms with van der Waals surface area (Å²) in [5.41, 5.74) is 16.4. The summed E-state index contributed by atoms with van der Waals surface area (Å²) < 4.78 is 21.7. The normalized spacial score (nSPS) is 12.9. The molecule has 0 amide bonds. The summed E-state index contributed by atoms with van der Waals surface area (Å²) in [6.07, 6.45) is 33.5. The lowest BCUT2D eigenvalue weighted by molar-refractivity contribution is 0.469. The van der Waals surface area contributed by atoms with Crippen LogP contribution in [0.25, 0.3) is 0 Å². The Morgan fingerprint density at radius 2 is 0.733 bits per heavy atom. The molecule has 6 aromatic rings. The third kappa shape index (κ3) is 12.4. The highest BCUT2D eigenvalue weighted by molar-refractivity contribution is 6.06. The Hall–Kier alpha value is -5.88. The van der Waals surface area contributed by atoms with Gasteiger partial charge < -0.3 is 24.4 Å². The Morgan fingerprint density at radius 3 is 1.20 bits per heavy atom. The molecular formula is C69H89N3O3. The summed E-state index contributed by atoms with van der Waals surface area (Å²) >= 11 is 0. The number of nitrogens with one attached hydrogen (secondary N) is 1. The minimum Gasteiger partial charge on any atom is -0.453 e. The monoisotopic (exact) mass is 1010 g/mol. The van der Waals surface area contributed by atoms with Crippen LogP contribution in [0.1, 0.15) is 208 Å². The van der Waals surface area contributed by atoms with Crippen molar-refractivity contribution in [3.05, 3.63) is 130 Å². The molecule has 0 saturated carbocycles. The number of hydrogen-bond acceptors (Lipinski definition) is 6. The van der Waals surface area contributed by atoms with Crippen molar-refractivity contribution in [1.29, 1.82) is 0 Å². The van der Waals surface area contributed by atoms with Crippen molar-refractivity contribution < 1.29 is 14.2 Å². The smallest absolute Gasteiger partial charge is 0.177 e. The molecule has 9 rings (SSSR count). The maximum Gasteiger partial charge on any atom is 0.177 e. The topological polar surface area (TPSA) is 46.2 Å². The summed E-state index contributed by atoms with van der Waals surface area (Å²) in [7, 11) is 0. The number of nitrogens with zero attached hydrogens (tertiary/aromatic N) is 2. The Labute approximate surface area is 452 Å². The molecule has 0 bridgehead atoms. The minimum atomic E-state index is 0.832. The maximum atomic E-state index is 7.58. The molecule has 0 spiro atoms. The molecule has 6 aromatic carbocycles. The van der Waals surface area contributed by atoms with E-state index in [1.54, 1.807) is 0 Å². The molecule has 398 valence electrons. The van der Waals surface area contributed by atoms with Gasteiger partial charge in [0.05, 0.1) is 39.8 Å². The molecular weight excluding hydrogens is 919 g/mol. The fourth-order valence-electron chi connectivity index (χ4n) is 12.2. The van der Waals surface area contributed by atoms with Gasteiger partial charge >= 0.3 is 0 Å². The van der Waals surface area contributed by atoms with Gasteiger partial charge in [-0.05, 0) is 141 Å². The largest absolute Gasteiger partial charge is 0.453 e. The van der Waals surface area contributed by atoms with Gasteiger partial charge in [0.2, 0.25) is 0 Å². The molecule has 3 aliphatic heterocycles. The van der Waals surface area contributed by atoms with Gasteiger partial charge in [0, 0.05) is 0 Å². The van der Waals surface area contributed by atoms with Crippen LogP contribution < -0.4 is 29.3 Å². The first-order valence-electron chi connectivity index (χ1n) is 30.1. The Kier molecular flexibility index (Phi) is 19.2. The van der Waals surface area contributed by atoms with E-state index in [1.165, 1.54) is 168 Å². The lowest BCUT2D eigenvalue weighted by Gasteiger charge is -2.43. The molecule has 6 nitrogen and oxygen atoms in total. The molecule has 0 aliphatic carbocycles. The van der Waals surface area contributed by atoms with Gasteiger partial charge in [-0.1, -0.05) is 204 Å². The van der Waals surface area contributed by atoms with Crippen LogP contribution in [0.4, 0.5) is 45.5 Å². The molecule has 0 unspecified atom stereocenters. The highest BCUT2D eigenvalue weighted by atomic mass is 16.5. The zero-order valence-corrected chi connectivity index (χ0v) is 46.9. The van der Waals surface area contributed by atoms with E-state index in [4.69, 9.17) is 14.2 Å². The predicted octanol–water partition coefficient (Wildman–Crippen LogP) is 22.7. The van der Waals surface area contributed by atoms with Crippen LogP contribution in [0.15, 0.2) is 97.1 Å². The lowest BCUT2D eigenvalue weighted by Crippen LogP contribution is -2.26. The molecule has 0 aromatic heterocycles. The lowest BCUT2D eigenvalue weighted by atomic mass is 9.90. The van der Waals surface area contributed by atoms with E-state index >= 15 is 0 Å². The molecule has 1 N–H and O–H groups in total. The van der Waals surface area contributed by atoms with Crippen LogP contribution in [0.5, 0.6) is 34.5 Å². The van der Waals surface area contributed by atoms with E-state index in [0.717, 1.165) is 119 Å². The zero-order chi connectivity index (χ0) is 51.9. The zero-order valence-electron chi connectivity index (χ0n) is 46.9.